The highest BCUT2D eigenvalue weighted by atomic mass is 35.5. The summed E-state index contributed by atoms with van der Waals surface area (Å²) in [6.45, 7) is 4.70. The van der Waals surface area contributed by atoms with Crippen molar-refractivity contribution in [2.45, 2.75) is 20.4 Å². The van der Waals surface area contributed by atoms with Gasteiger partial charge in [-0.2, -0.15) is 5.10 Å². The summed E-state index contributed by atoms with van der Waals surface area (Å²) in [5, 5.41) is 7.64. The lowest BCUT2D eigenvalue weighted by Gasteiger charge is -2.05. The third kappa shape index (κ3) is 3.49. The van der Waals surface area contributed by atoms with Crippen LogP contribution < -0.4 is 5.32 Å². The van der Waals surface area contributed by atoms with Crippen molar-refractivity contribution in [3.05, 3.63) is 58.8 Å². The fourth-order valence-electron chi connectivity index (χ4n) is 2.40. The van der Waals surface area contributed by atoms with Crippen molar-refractivity contribution in [1.29, 1.82) is 0 Å². The summed E-state index contributed by atoms with van der Waals surface area (Å²) in [5.41, 5.74) is 0.756. The van der Waals surface area contributed by atoms with Gasteiger partial charge in [-0.1, -0.05) is 23.7 Å². The van der Waals surface area contributed by atoms with Crippen LogP contribution in [0.4, 0.5) is 0 Å². The Labute approximate surface area is 144 Å². The quantitative estimate of drug-likeness (QED) is 0.771. The van der Waals surface area contributed by atoms with Crippen molar-refractivity contribution >= 4 is 17.5 Å². The summed E-state index contributed by atoms with van der Waals surface area (Å²) in [6, 6.07) is 10.7. The Morgan fingerprint density at radius 1 is 1.25 bits per heavy atom. The molecule has 0 aliphatic heterocycles. The van der Waals surface area contributed by atoms with Gasteiger partial charge in [-0.25, -0.2) is 9.67 Å². The Morgan fingerprint density at radius 2 is 2.04 bits per heavy atom. The van der Waals surface area contributed by atoms with Crippen molar-refractivity contribution in [2.24, 2.45) is 0 Å². The zero-order valence-corrected chi connectivity index (χ0v) is 14.2. The van der Waals surface area contributed by atoms with E-state index in [-0.39, 0.29) is 11.7 Å². The Balaban J connectivity index is 1.62. The Morgan fingerprint density at radius 3 is 2.75 bits per heavy atom. The van der Waals surface area contributed by atoms with Gasteiger partial charge in [0, 0.05) is 12.1 Å². The van der Waals surface area contributed by atoms with E-state index in [0.29, 0.717) is 29.7 Å². The van der Waals surface area contributed by atoms with Crippen LogP contribution in [-0.2, 0) is 6.54 Å². The largest absolute Gasteiger partial charge is 0.451 e. The van der Waals surface area contributed by atoms with Gasteiger partial charge in [-0.05, 0) is 38.1 Å². The van der Waals surface area contributed by atoms with Crippen LogP contribution in [0.5, 0.6) is 0 Å². The summed E-state index contributed by atoms with van der Waals surface area (Å²) in [5.74, 6) is 2.07. The SMILES string of the molecule is Cc1nc(C)n(CCNC(=O)c2ccc(-c3ccccc3Cl)o2)n1. The summed E-state index contributed by atoms with van der Waals surface area (Å²) in [6.07, 6.45) is 0. The van der Waals surface area contributed by atoms with E-state index in [9.17, 15) is 4.79 Å². The first kappa shape index (κ1) is 16.3. The van der Waals surface area contributed by atoms with E-state index in [2.05, 4.69) is 15.4 Å². The van der Waals surface area contributed by atoms with E-state index in [4.69, 9.17) is 16.0 Å². The van der Waals surface area contributed by atoms with Gasteiger partial charge in [0.25, 0.3) is 5.91 Å². The van der Waals surface area contributed by atoms with Crippen molar-refractivity contribution in [3.8, 4) is 11.3 Å². The summed E-state index contributed by atoms with van der Waals surface area (Å²) >= 11 is 6.14. The number of amides is 1. The minimum absolute atomic E-state index is 0.247. The molecule has 6 nitrogen and oxygen atoms in total. The predicted octanol–water partition coefficient (Wildman–Crippen LogP) is 3.24. The summed E-state index contributed by atoms with van der Waals surface area (Å²) in [4.78, 5) is 16.4. The Kier molecular flexibility index (Phi) is 4.66. The number of nitrogens with one attached hydrogen (secondary N) is 1. The monoisotopic (exact) mass is 344 g/mol. The fraction of sp³-hybridized carbons (Fsp3) is 0.235. The zero-order valence-electron chi connectivity index (χ0n) is 13.4. The maximum atomic E-state index is 12.2. The number of benzene rings is 1. The average molecular weight is 345 g/mol. The average Bonchev–Trinajstić information content (AvgIpc) is 3.15. The van der Waals surface area contributed by atoms with E-state index in [0.717, 1.165) is 11.4 Å². The second-order valence-corrected chi connectivity index (χ2v) is 5.74. The molecule has 3 rings (SSSR count). The van der Waals surface area contributed by atoms with E-state index in [1.54, 1.807) is 22.9 Å². The molecule has 0 saturated heterocycles. The molecule has 0 atom stereocenters. The van der Waals surface area contributed by atoms with Crippen LogP contribution in [0.3, 0.4) is 0 Å². The number of aromatic nitrogens is 3. The van der Waals surface area contributed by atoms with Crippen LogP contribution in [0.15, 0.2) is 40.8 Å². The van der Waals surface area contributed by atoms with Crippen LogP contribution >= 0.6 is 11.6 Å². The molecular formula is C17H17ClN4O2. The van der Waals surface area contributed by atoms with Crippen LogP contribution in [0.25, 0.3) is 11.3 Å². The first-order valence-corrected chi connectivity index (χ1v) is 7.93. The smallest absolute Gasteiger partial charge is 0.287 e. The molecule has 1 N–H and O–H groups in total. The number of carbonyl (C=O) groups is 1. The molecule has 0 saturated carbocycles. The molecule has 2 heterocycles. The van der Waals surface area contributed by atoms with Gasteiger partial charge in [0.05, 0.1) is 11.6 Å². The third-order valence-corrected chi connectivity index (χ3v) is 3.87. The van der Waals surface area contributed by atoms with Gasteiger partial charge < -0.3 is 9.73 Å². The van der Waals surface area contributed by atoms with E-state index < -0.39 is 0 Å². The van der Waals surface area contributed by atoms with Gasteiger partial charge >= 0.3 is 0 Å². The van der Waals surface area contributed by atoms with Gasteiger partial charge in [0.1, 0.15) is 17.4 Å². The highest BCUT2D eigenvalue weighted by Gasteiger charge is 2.13. The van der Waals surface area contributed by atoms with Crippen LogP contribution in [0.1, 0.15) is 22.2 Å². The topological polar surface area (TPSA) is 73.0 Å². The van der Waals surface area contributed by atoms with E-state index >= 15 is 0 Å². The predicted molar refractivity (Wildman–Crippen MR) is 91.0 cm³/mol. The van der Waals surface area contributed by atoms with Gasteiger partial charge in [-0.3, -0.25) is 4.79 Å². The molecule has 0 fully saturated rings. The zero-order chi connectivity index (χ0) is 17.1. The molecule has 24 heavy (non-hydrogen) atoms. The van der Waals surface area contributed by atoms with E-state index in [1.165, 1.54) is 0 Å². The normalized spacial score (nSPS) is 10.8. The molecule has 1 aromatic carbocycles. The standard InChI is InChI=1S/C17H17ClN4O2/c1-11-20-12(2)22(21-11)10-9-19-17(23)16-8-7-15(24-16)13-5-3-4-6-14(13)18/h3-8H,9-10H2,1-2H3,(H,19,23). The third-order valence-electron chi connectivity index (χ3n) is 3.54. The van der Waals surface area contributed by atoms with E-state index in [1.807, 2.05) is 32.0 Å². The lowest BCUT2D eigenvalue weighted by molar-refractivity contribution is 0.0925. The van der Waals surface area contributed by atoms with Crippen LogP contribution in [0, 0.1) is 13.8 Å². The number of aryl methyl sites for hydroxylation is 2. The number of rotatable bonds is 5. The summed E-state index contributed by atoms with van der Waals surface area (Å²) in [7, 11) is 0. The molecule has 1 amide bonds. The maximum Gasteiger partial charge on any atom is 0.287 e. The molecule has 0 bridgehead atoms. The Hall–Kier alpha value is -2.60. The first-order chi connectivity index (χ1) is 11.5. The molecule has 0 unspecified atom stereocenters. The molecule has 3 aromatic rings. The molecule has 0 aliphatic rings. The minimum atomic E-state index is -0.275. The molecule has 124 valence electrons. The van der Waals surface area contributed by atoms with Crippen molar-refractivity contribution in [3.63, 3.8) is 0 Å². The van der Waals surface area contributed by atoms with Gasteiger partial charge in [0.15, 0.2) is 5.76 Å². The number of hydrogen-bond acceptors (Lipinski definition) is 4. The summed E-state index contributed by atoms with van der Waals surface area (Å²) < 4.78 is 7.37. The number of nitrogens with zero attached hydrogens (tertiary/aromatic N) is 3. The maximum absolute atomic E-state index is 12.2. The van der Waals surface area contributed by atoms with Gasteiger partial charge in [-0.15, -0.1) is 0 Å². The lowest BCUT2D eigenvalue weighted by atomic mass is 10.2. The number of carbonyl (C=O) groups excluding carboxylic acids is 1. The number of furan rings is 1. The molecule has 0 aliphatic carbocycles. The second kappa shape index (κ2) is 6.88. The van der Waals surface area contributed by atoms with Crippen molar-refractivity contribution < 1.29 is 9.21 Å². The molecule has 7 heteroatoms. The number of hydrogen-bond donors (Lipinski definition) is 1. The van der Waals surface area contributed by atoms with Crippen LogP contribution in [0.2, 0.25) is 5.02 Å². The molecule has 0 spiro atoms. The van der Waals surface area contributed by atoms with Crippen LogP contribution in [-0.4, -0.2) is 27.2 Å². The first-order valence-electron chi connectivity index (χ1n) is 7.55. The highest BCUT2D eigenvalue weighted by molar-refractivity contribution is 6.33. The molecule has 0 radical (unpaired) electrons. The minimum Gasteiger partial charge on any atom is -0.451 e. The van der Waals surface area contributed by atoms with Crippen molar-refractivity contribution in [2.75, 3.05) is 6.54 Å². The fourth-order valence-corrected chi connectivity index (χ4v) is 2.63. The lowest BCUT2D eigenvalue weighted by Crippen LogP contribution is -2.27. The molecular weight excluding hydrogens is 328 g/mol. The second-order valence-electron chi connectivity index (χ2n) is 5.33. The van der Waals surface area contributed by atoms with Crippen molar-refractivity contribution in [1.82, 2.24) is 20.1 Å². The molecule has 2 aromatic heterocycles. The highest BCUT2D eigenvalue weighted by Crippen LogP contribution is 2.28. The Bertz CT molecular complexity index is 869. The number of halogens is 1. The van der Waals surface area contributed by atoms with Gasteiger partial charge in [0.2, 0.25) is 0 Å².